The van der Waals surface area contributed by atoms with Crippen molar-refractivity contribution < 1.29 is 5.11 Å². The Morgan fingerprint density at radius 1 is 1.00 bits per heavy atom. The zero-order valence-electron chi connectivity index (χ0n) is 14.5. The lowest BCUT2D eigenvalue weighted by molar-refractivity contribution is 0.0484. The van der Waals surface area contributed by atoms with Crippen LogP contribution in [-0.2, 0) is 0 Å². The Morgan fingerprint density at radius 3 is 1.86 bits per heavy atom. The molecule has 22 heavy (non-hydrogen) atoms. The fourth-order valence-corrected chi connectivity index (χ4v) is 2.93. The topological polar surface area (TPSA) is 20.2 Å². The predicted octanol–water partition coefficient (Wildman–Crippen LogP) is 5.92. The standard InChI is InChI=1S/C21H32O/c1-7-13-17-19(12-6)21(22,18(11-5)14-8-2)20(15-9-3)16-10-4/h7-8,11-14,17,20,22H,2,5-6,9-10,15-16H2,1,3-4H3/b13-7-,18-14+,19-17+. The molecule has 1 nitrogen and oxygen atoms in total. The van der Waals surface area contributed by atoms with Gasteiger partial charge in [0, 0.05) is 0 Å². The molecule has 1 atom stereocenters. The number of aliphatic hydroxyl groups is 1. The Kier molecular flexibility index (Phi) is 10.2. The first-order valence-corrected chi connectivity index (χ1v) is 8.20. The highest BCUT2D eigenvalue weighted by atomic mass is 16.3. The smallest absolute Gasteiger partial charge is 0.117 e. The summed E-state index contributed by atoms with van der Waals surface area (Å²) in [5.41, 5.74) is 0.513. The Balaban J connectivity index is 6.23. The maximum Gasteiger partial charge on any atom is 0.117 e. The summed E-state index contributed by atoms with van der Waals surface area (Å²) >= 11 is 0. The van der Waals surface area contributed by atoms with Crippen LogP contribution in [0.1, 0.15) is 46.5 Å². The average Bonchev–Trinajstić information content (AvgIpc) is 2.52. The van der Waals surface area contributed by atoms with Gasteiger partial charge in [0.1, 0.15) is 5.60 Å². The summed E-state index contributed by atoms with van der Waals surface area (Å²) in [6.07, 6.45) is 16.8. The maximum absolute atomic E-state index is 11.6. The molecule has 0 bridgehead atoms. The highest BCUT2D eigenvalue weighted by molar-refractivity contribution is 5.46. The SMILES string of the molecule is C=C/C=C(\C=C)C(O)(/C(C=C)=C/C=C\C)C(CCC)CCC. The van der Waals surface area contributed by atoms with E-state index >= 15 is 0 Å². The van der Waals surface area contributed by atoms with E-state index in [4.69, 9.17) is 0 Å². The molecule has 0 spiro atoms. The molecule has 0 aliphatic carbocycles. The van der Waals surface area contributed by atoms with Gasteiger partial charge in [-0.2, -0.15) is 0 Å². The fourth-order valence-electron chi connectivity index (χ4n) is 2.93. The van der Waals surface area contributed by atoms with E-state index in [9.17, 15) is 5.11 Å². The second kappa shape index (κ2) is 11.0. The van der Waals surface area contributed by atoms with Gasteiger partial charge in [-0.3, -0.25) is 0 Å². The molecule has 1 unspecified atom stereocenters. The largest absolute Gasteiger partial charge is 0.380 e. The Labute approximate surface area is 137 Å². The van der Waals surface area contributed by atoms with Gasteiger partial charge < -0.3 is 5.11 Å². The van der Waals surface area contributed by atoms with Crippen LogP contribution in [0, 0.1) is 5.92 Å². The van der Waals surface area contributed by atoms with E-state index in [1.54, 1.807) is 18.2 Å². The quantitative estimate of drug-likeness (QED) is 0.469. The first kappa shape index (κ1) is 20.4. The molecule has 0 saturated heterocycles. The van der Waals surface area contributed by atoms with Crippen LogP contribution in [0.3, 0.4) is 0 Å². The van der Waals surface area contributed by atoms with Gasteiger partial charge >= 0.3 is 0 Å². The minimum atomic E-state index is -1.08. The van der Waals surface area contributed by atoms with Crippen LogP contribution in [-0.4, -0.2) is 10.7 Å². The van der Waals surface area contributed by atoms with Gasteiger partial charge in [-0.15, -0.1) is 0 Å². The van der Waals surface area contributed by atoms with Crippen molar-refractivity contribution in [3.63, 3.8) is 0 Å². The highest BCUT2D eigenvalue weighted by Crippen LogP contribution is 2.40. The summed E-state index contributed by atoms with van der Waals surface area (Å²) in [5, 5.41) is 11.6. The molecule has 0 saturated carbocycles. The molecule has 0 amide bonds. The van der Waals surface area contributed by atoms with Crippen LogP contribution in [0.25, 0.3) is 0 Å². The van der Waals surface area contributed by atoms with Gasteiger partial charge in [0.05, 0.1) is 0 Å². The molecule has 0 aliphatic heterocycles. The molecule has 0 rings (SSSR count). The molecule has 0 aliphatic rings. The zero-order chi connectivity index (χ0) is 17.0. The number of rotatable bonds is 11. The Morgan fingerprint density at radius 2 is 1.50 bits per heavy atom. The molecule has 0 heterocycles. The van der Waals surface area contributed by atoms with Gasteiger partial charge in [0.15, 0.2) is 0 Å². The number of hydrogen-bond acceptors (Lipinski definition) is 1. The van der Waals surface area contributed by atoms with Crippen LogP contribution in [0.2, 0.25) is 0 Å². The number of allylic oxidation sites excluding steroid dienone is 5. The van der Waals surface area contributed by atoms with Crippen molar-refractivity contribution in [2.24, 2.45) is 5.92 Å². The van der Waals surface area contributed by atoms with Crippen molar-refractivity contribution >= 4 is 0 Å². The van der Waals surface area contributed by atoms with Crippen LogP contribution < -0.4 is 0 Å². The summed E-state index contributed by atoms with van der Waals surface area (Å²) in [6, 6.07) is 0. The van der Waals surface area contributed by atoms with Crippen LogP contribution in [0.5, 0.6) is 0 Å². The molecule has 0 aromatic heterocycles. The highest BCUT2D eigenvalue weighted by Gasteiger charge is 2.40. The summed E-state index contributed by atoms with van der Waals surface area (Å²) in [6.45, 7) is 17.8. The van der Waals surface area contributed by atoms with E-state index in [0.717, 1.165) is 36.8 Å². The number of hydrogen-bond donors (Lipinski definition) is 1. The second-order valence-electron chi connectivity index (χ2n) is 5.45. The maximum atomic E-state index is 11.6. The van der Waals surface area contributed by atoms with E-state index in [1.807, 2.05) is 31.2 Å². The lowest BCUT2D eigenvalue weighted by atomic mass is 9.71. The molecule has 1 heteroatoms. The lowest BCUT2D eigenvalue weighted by Gasteiger charge is -2.39. The summed E-state index contributed by atoms with van der Waals surface area (Å²) in [7, 11) is 0. The summed E-state index contributed by atoms with van der Waals surface area (Å²) in [5.74, 6) is 0.126. The van der Waals surface area contributed by atoms with Gasteiger partial charge in [-0.05, 0) is 36.8 Å². The van der Waals surface area contributed by atoms with Crippen molar-refractivity contribution in [3.8, 4) is 0 Å². The van der Waals surface area contributed by atoms with Crippen molar-refractivity contribution in [2.75, 3.05) is 0 Å². The Bertz CT molecular complexity index is 445. The van der Waals surface area contributed by atoms with E-state index < -0.39 is 5.60 Å². The fraction of sp³-hybridized carbons (Fsp3) is 0.429. The van der Waals surface area contributed by atoms with Crippen molar-refractivity contribution in [3.05, 3.63) is 73.4 Å². The minimum Gasteiger partial charge on any atom is -0.380 e. The Hall–Kier alpha value is -1.60. The monoisotopic (exact) mass is 300 g/mol. The first-order chi connectivity index (χ1) is 10.6. The molecule has 0 radical (unpaired) electrons. The van der Waals surface area contributed by atoms with Crippen LogP contribution in [0.15, 0.2) is 73.4 Å². The molecule has 0 aromatic carbocycles. The van der Waals surface area contributed by atoms with Crippen LogP contribution in [0.4, 0.5) is 0 Å². The average molecular weight is 300 g/mol. The van der Waals surface area contributed by atoms with Crippen molar-refractivity contribution in [2.45, 2.75) is 52.1 Å². The lowest BCUT2D eigenvalue weighted by Crippen LogP contribution is -2.41. The van der Waals surface area contributed by atoms with E-state index in [1.165, 1.54) is 0 Å². The normalized spacial score (nSPS) is 15.9. The summed E-state index contributed by atoms with van der Waals surface area (Å²) < 4.78 is 0. The zero-order valence-corrected chi connectivity index (χ0v) is 14.5. The van der Waals surface area contributed by atoms with Gasteiger partial charge in [-0.25, -0.2) is 0 Å². The van der Waals surface area contributed by atoms with Crippen molar-refractivity contribution in [1.29, 1.82) is 0 Å². The third-order valence-electron chi connectivity index (χ3n) is 3.95. The predicted molar refractivity (Wildman–Crippen MR) is 99.8 cm³/mol. The van der Waals surface area contributed by atoms with Gasteiger partial charge in [-0.1, -0.05) is 89.0 Å². The molecule has 0 aromatic rings. The van der Waals surface area contributed by atoms with Crippen molar-refractivity contribution in [1.82, 2.24) is 0 Å². The molecule has 0 fully saturated rings. The first-order valence-electron chi connectivity index (χ1n) is 8.20. The van der Waals surface area contributed by atoms with E-state index in [0.29, 0.717) is 0 Å². The third kappa shape index (κ3) is 4.99. The van der Waals surface area contributed by atoms with Gasteiger partial charge in [0.2, 0.25) is 0 Å². The van der Waals surface area contributed by atoms with Gasteiger partial charge in [0.25, 0.3) is 0 Å². The van der Waals surface area contributed by atoms with E-state index in [2.05, 4.69) is 33.6 Å². The van der Waals surface area contributed by atoms with E-state index in [-0.39, 0.29) is 5.92 Å². The third-order valence-corrected chi connectivity index (χ3v) is 3.95. The molecule has 122 valence electrons. The minimum absolute atomic E-state index is 0.126. The van der Waals surface area contributed by atoms with Crippen LogP contribution >= 0.6 is 0 Å². The second-order valence-corrected chi connectivity index (χ2v) is 5.45. The molecule has 1 N–H and O–H groups in total. The molecular formula is C21H32O. The molecular weight excluding hydrogens is 268 g/mol. The summed E-state index contributed by atoms with van der Waals surface area (Å²) in [4.78, 5) is 0.